The Labute approximate surface area is 181 Å². The number of hydrogen-bond acceptors (Lipinski definition) is 8. The molecule has 0 amide bonds. The van der Waals surface area contributed by atoms with Crippen molar-refractivity contribution in [2.75, 3.05) is 18.5 Å². The second-order valence-corrected chi connectivity index (χ2v) is 6.87. The summed E-state index contributed by atoms with van der Waals surface area (Å²) in [6.45, 7) is 6.89. The van der Waals surface area contributed by atoms with Crippen LogP contribution in [0.4, 0.5) is 17.1 Å². The molecule has 0 unspecified atom stereocenters. The van der Waals surface area contributed by atoms with Crippen LogP contribution < -0.4 is 5.32 Å². The summed E-state index contributed by atoms with van der Waals surface area (Å²) in [4.78, 5) is 27.8. The van der Waals surface area contributed by atoms with E-state index in [0.29, 0.717) is 28.2 Å². The maximum atomic E-state index is 10.8. The van der Waals surface area contributed by atoms with Crippen molar-refractivity contribution in [1.29, 1.82) is 0 Å². The Balaban J connectivity index is 0.000000296. The summed E-state index contributed by atoms with van der Waals surface area (Å²) in [7, 11) is 0. The molecule has 0 atom stereocenters. The molecule has 0 aliphatic heterocycles. The van der Waals surface area contributed by atoms with Gasteiger partial charge in [-0.15, -0.1) is 0 Å². The summed E-state index contributed by atoms with van der Waals surface area (Å²) >= 11 is 17.0. The van der Waals surface area contributed by atoms with E-state index in [2.05, 4.69) is 15.3 Å². The number of nitrogens with zero attached hydrogens (tertiary/aromatic N) is 4. The van der Waals surface area contributed by atoms with Crippen molar-refractivity contribution in [2.24, 2.45) is 0 Å². The SMILES string of the molecule is Cc1nc(Cl)c([N+](=O)[O-])c(Cl)c1C.Cc1nc(Cl)c([N+](=O)[O-])c(NCCO)c1C. The molecule has 0 bridgehead atoms. The maximum absolute atomic E-state index is 10.8. The van der Waals surface area contributed by atoms with E-state index >= 15 is 0 Å². The number of aliphatic hydroxyl groups excluding tert-OH is 1. The largest absolute Gasteiger partial charge is 0.395 e. The van der Waals surface area contributed by atoms with Crippen molar-refractivity contribution in [2.45, 2.75) is 27.7 Å². The highest BCUT2D eigenvalue weighted by atomic mass is 35.5. The topological polar surface area (TPSA) is 144 Å². The molecule has 2 rings (SSSR count). The molecule has 2 aromatic rings. The summed E-state index contributed by atoms with van der Waals surface area (Å²) in [5.41, 5.74) is 2.19. The lowest BCUT2D eigenvalue weighted by molar-refractivity contribution is -0.384. The van der Waals surface area contributed by atoms with Crippen LogP contribution in [0.3, 0.4) is 0 Å². The Hall–Kier alpha value is -2.27. The van der Waals surface area contributed by atoms with Crippen molar-refractivity contribution in [3.8, 4) is 0 Å². The summed E-state index contributed by atoms with van der Waals surface area (Å²) in [5, 5.41) is 32.6. The highest BCUT2D eigenvalue weighted by Crippen LogP contribution is 2.35. The van der Waals surface area contributed by atoms with Gasteiger partial charge in [0.25, 0.3) is 0 Å². The highest BCUT2D eigenvalue weighted by molar-refractivity contribution is 6.38. The van der Waals surface area contributed by atoms with Gasteiger partial charge in [-0.25, -0.2) is 9.97 Å². The van der Waals surface area contributed by atoms with Crippen LogP contribution in [0, 0.1) is 47.9 Å². The second kappa shape index (κ2) is 10.5. The zero-order valence-electron chi connectivity index (χ0n) is 15.9. The first kappa shape index (κ1) is 24.8. The first-order valence-corrected chi connectivity index (χ1v) is 9.19. The van der Waals surface area contributed by atoms with Crippen molar-refractivity contribution in [3.05, 3.63) is 58.1 Å². The molecule has 0 aromatic carbocycles. The molecular formula is C16H18Cl3N5O5. The molecule has 0 radical (unpaired) electrons. The quantitative estimate of drug-likeness (QED) is 0.370. The zero-order chi connectivity index (χ0) is 22.5. The Morgan fingerprint density at radius 2 is 1.34 bits per heavy atom. The molecule has 0 saturated carbocycles. The van der Waals surface area contributed by atoms with Crippen molar-refractivity contribution >= 4 is 51.9 Å². The zero-order valence-corrected chi connectivity index (χ0v) is 18.2. The molecule has 29 heavy (non-hydrogen) atoms. The van der Waals surface area contributed by atoms with Crippen LogP contribution in [0.15, 0.2) is 0 Å². The third-order valence-corrected chi connectivity index (χ3v) is 4.93. The summed E-state index contributed by atoms with van der Waals surface area (Å²) in [6, 6.07) is 0. The normalized spacial score (nSPS) is 10.2. The van der Waals surface area contributed by atoms with Gasteiger partial charge in [0.1, 0.15) is 10.7 Å². The third kappa shape index (κ3) is 5.86. The van der Waals surface area contributed by atoms with Gasteiger partial charge in [0.2, 0.25) is 10.3 Å². The number of aromatic nitrogens is 2. The molecule has 2 heterocycles. The molecule has 158 valence electrons. The number of pyridine rings is 2. The van der Waals surface area contributed by atoms with Gasteiger partial charge in [-0.3, -0.25) is 20.2 Å². The lowest BCUT2D eigenvalue weighted by Gasteiger charge is -2.11. The molecule has 13 heteroatoms. The number of halogens is 3. The van der Waals surface area contributed by atoms with E-state index in [1.165, 1.54) is 0 Å². The fourth-order valence-electron chi connectivity index (χ4n) is 2.18. The van der Waals surface area contributed by atoms with Crippen LogP contribution in [-0.2, 0) is 0 Å². The fourth-order valence-corrected chi connectivity index (χ4v) is 3.10. The number of aryl methyl sites for hydroxylation is 2. The predicted octanol–water partition coefficient (Wildman–Crippen LogP) is 4.58. The number of hydrogen-bond donors (Lipinski definition) is 2. The van der Waals surface area contributed by atoms with E-state index in [0.717, 1.165) is 0 Å². The van der Waals surface area contributed by atoms with Crippen molar-refractivity contribution in [3.63, 3.8) is 0 Å². The third-order valence-electron chi connectivity index (χ3n) is 3.94. The Morgan fingerprint density at radius 1 is 0.897 bits per heavy atom. The van der Waals surface area contributed by atoms with E-state index in [1.54, 1.807) is 27.7 Å². The fraction of sp³-hybridized carbons (Fsp3) is 0.375. The van der Waals surface area contributed by atoms with E-state index in [1.807, 2.05) is 0 Å². The van der Waals surface area contributed by atoms with Gasteiger partial charge in [0.05, 0.1) is 16.5 Å². The molecule has 0 aliphatic carbocycles. The predicted molar refractivity (Wildman–Crippen MR) is 111 cm³/mol. The van der Waals surface area contributed by atoms with Crippen LogP contribution in [0.1, 0.15) is 22.5 Å². The first-order chi connectivity index (χ1) is 13.4. The summed E-state index contributed by atoms with van der Waals surface area (Å²) in [5.74, 6) is 0. The molecular weight excluding hydrogens is 449 g/mol. The van der Waals surface area contributed by atoms with Gasteiger partial charge < -0.3 is 10.4 Å². The van der Waals surface area contributed by atoms with Crippen LogP contribution >= 0.6 is 34.8 Å². The van der Waals surface area contributed by atoms with Crippen molar-refractivity contribution in [1.82, 2.24) is 9.97 Å². The number of anilines is 1. The van der Waals surface area contributed by atoms with Gasteiger partial charge in [-0.2, -0.15) is 0 Å². The number of aliphatic hydroxyl groups is 1. The van der Waals surface area contributed by atoms with E-state index in [4.69, 9.17) is 39.9 Å². The Morgan fingerprint density at radius 3 is 1.79 bits per heavy atom. The molecule has 10 nitrogen and oxygen atoms in total. The monoisotopic (exact) mass is 465 g/mol. The van der Waals surface area contributed by atoms with E-state index in [-0.39, 0.29) is 39.9 Å². The van der Waals surface area contributed by atoms with Gasteiger partial charge in [-0.05, 0) is 33.3 Å². The first-order valence-electron chi connectivity index (χ1n) is 8.06. The standard InChI is InChI=1S/C9H12ClN3O3.C7H6Cl2N2O2/c1-5-6(2)12-9(10)8(13(15)16)7(5)11-3-4-14;1-3-4(2)10-7(9)6(5(3)8)11(12)13/h14H,3-4H2,1-2H3,(H,11,12);1-2H3. The number of nitro groups is 2. The van der Waals surface area contributed by atoms with Gasteiger partial charge >= 0.3 is 11.4 Å². The molecule has 2 N–H and O–H groups in total. The van der Waals surface area contributed by atoms with Gasteiger partial charge in [0, 0.05) is 23.5 Å². The summed E-state index contributed by atoms with van der Waals surface area (Å²) in [6.07, 6.45) is 0. The van der Waals surface area contributed by atoms with Gasteiger partial charge in [0.15, 0.2) is 0 Å². The molecule has 0 fully saturated rings. The van der Waals surface area contributed by atoms with Crippen LogP contribution in [0.2, 0.25) is 15.3 Å². The van der Waals surface area contributed by atoms with Crippen molar-refractivity contribution < 1.29 is 15.0 Å². The highest BCUT2D eigenvalue weighted by Gasteiger charge is 2.24. The number of nitrogens with one attached hydrogen (secondary N) is 1. The minimum absolute atomic E-state index is 0.0579. The molecule has 0 saturated heterocycles. The lowest BCUT2D eigenvalue weighted by atomic mass is 10.1. The van der Waals surface area contributed by atoms with Crippen LogP contribution in [0.5, 0.6) is 0 Å². The minimum atomic E-state index is -0.635. The van der Waals surface area contributed by atoms with Crippen LogP contribution in [-0.4, -0.2) is 38.1 Å². The summed E-state index contributed by atoms with van der Waals surface area (Å²) < 4.78 is 0. The molecule has 0 aliphatic rings. The number of rotatable bonds is 5. The van der Waals surface area contributed by atoms with Gasteiger partial charge in [-0.1, -0.05) is 34.8 Å². The van der Waals surface area contributed by atoms with E-state index < -0.39 is 9.85 Å². The minimum Gasteiger partial charge on any atom is -0.395 e. The average Bonchev–Trinajstić information content (AvgIpc) is 2.61. The second-order valence-electron chi connectivity index (χ2n) is 5.78. The lowest BCUT2D eigenvalue weighted by Crippen LogP contribution is -2.10. The molecule has 2 aromatic heterocycles. The Bertz CT molecular complexity index is 956. The average molecular weight is 467 g/mol. The smallest absolute Gasteiger partial charge is 0.329 e. The van der Waals surface area contributed by atoms with Crippen LogP contribution in [0.25, 0.3) is 0 Å². The maximum Gasteiger partial charge on any atom is 0.329 e. The van der Waals surface area contributed by atoms with E-state index in [9.17, 15) is 20.2 Å². The Kier molecular flexibility index (Phi) is 8.96. The molecule has 0 spiro atoms.